The van der Waals surface area contributed by atoms with Crippen LogP contribution in [0.4, 0.5) is 0 Å². The van der Waals surface area contributed by atoms with E-state index in [0.717, 1.165) is 25.9 Å². The molecule has 0 spiro atoms. The predicted molar refractivity (Wildman–Crippen MR) is 81.5 cm³/mol. The highest BCUT2D eigenvalue weighted by molar-refractivity contribution is 7.89. The third kappa shape index (κ3) is 3.73. The van der Waals surface area contributed by atoms with E-state index in [9.17, 15) is 8.42 Å². The second-order valence-electron chi connectivity index (χ2n) is 5.46. The van der Waals surface area contributed by atoms with E-state index >= 15 is 0 Å². The van der Waals surface area contributed by atoms with Gasteiger partial charge in [0.1, 0.15) is 4.90 Å². The molecule has 2 rings (SSSR count). The first kappa shape index (κ1) is 15.8. The molecule has 1 aliphatic heterocycles. The summed E-state index contributed by atoms with van der Waals surface area (Å²) in [6.07, 6.45) is 1.67. The summed E-state index contributed by atoms with van der Waals surface area (Å²) in [5.74, 6) is 0. The van der Waals surface area contributed by atoms with Crippen molar-refractivity contribution in [3.8, 4) is 0 Å². The highest BCUT2D eigenvalue weighted by Gasteiger charge is 2.26. The molecule has 20 heavy (non-hydrogen) atoms. The molecule has 0 saturated carbocycles. The van der Waals surface area contributed by atoms with Crippen LogP contribution >= 0.6 is 11.6 Å². The molecule has 0 unspecified atom stereocenters. The molecule has 1 N–H and O–H groups in total. The number of hydrogen-bond acceptors (Lipinski definition) is 3. The fourth-order valence-electron chi connectivity index (χ4n) is 2.48. The van der Waals surface area contributed by atoms with Crippen LogP contribution in [0.5, 0.6) is 0 Å². The maximum Gasteiger partial charge on any atom is 0.242 e. The molecule has 4 nitrogen and oxygen atoms in total. The first-order valence-electron chi connectivity index (χ1n) is 6.91. The molecule has 6 heteroatoms. The van der Waals surface area contributed by atoms with Crippen molar-refractivity contribution < 1.29 is 8.42 Å². The lowest BCUT2D eigenvalue weighted by molar-refractivity contribution is 0.168. The van der Waals surface area contributed by atoms with Crippen LogP contribution in [0, 0.1) is 0 Å². The molecule has 0 bridgehead atoms. The molecule has 1 heterocycles. The maximum absolute atomic E-state index is 12.3. The van der Waals surface area contributed by atoms with E-state index in [1.807, 2.05) is 0 Å². The summed E-state index contributed by atoms with van der Waals surface area (Å²) in [7, 11) is -3.53. The minimum atomic E-state index is -3.53. The molecular weight excluding hydrogens is 296 g/mol. The fourth-order valence-corrected chi connectivity index (χ4v) is 4.30. The average molecular weight is 317 g/mol. The summed E-state index contributed by atoms with van der Waals surface area (Å²) in [6.45, 7) is 6.17. The smallest absolute Gasteiger partial charge is 0.242 e. The number of hydrogen-bond donors (Lipinski definition) is 1. The zero-order chi connectivity index (χ0) is 14.8. The van der Waals surface area contributed by atoms with Crippen LogP contribution in [0.15, 0.2) is 29.2 Å². The standard InChI is InChI=1S/C14H21ClN2O2S/c1-11(2)17-9-7-12(8-10-17)16-20(18,19)14-6-4-3-5-13(14)15/h3-6,11-12,16H,7-10H2,1-2H3. The highest BCUT2D eigenvalue weighted by atomic mass is 35.5. The first-order valence-corrected chi connectivity index (χ1v) is 8.77. The van der Waals surface area contributed by atoms with Gasteiger partial charge in [0.25, 0.3) is 0 Å². The van der Waals surface area contributed by atoms with Crippen molar-refractivity contribution >= 4 is 21.6 Å². The van der Waals surface area contributed by atoms with Gasteiger partial charge >= 0.3 is 0 Å². The number of halogens is 1. The van der Waals surface area contributed by atoms with E-state index in [2.05, 4.69) is 23.5 Å². The molecule has 1 aromatic rings. The van der Waals surface area contributed by atoms with E-state index in [-0.39, 0.29) is 16.0 Å². The molecule has 1 fully saturated rings. The van der Waals surface area contributed by atoms with Gasteiger partial charge in [-0.1, -0.05) is 23.7 Å². The van der Waals surface area contributed by atoms with Crippen LogP contribution in [0.25, 0.3) is 0 Å². The molecule has 0 atom stereocenters. The third-order valence-corrected chi connectivity index (χ3v) is 5.73. The number of likely N-dealkylation sites (tertiary alicyclic amines) is 1. The molecule has 1 aromatic carbocycles. The van der Waals surface area contributed by atoms with Crippen molar-refractivity contribution in [1.82, 2.24) is 9.62 Å². The summed E-state index contributed by atoms with van der Waals surface area (Å²) < 4.78 is 27.4. The van der Waals surface area contributed by atoms with Crippen molar-refractivity contribution in [2.24, 2.45) is 0 Å². The van der Waals surface area contributed by atoms with Gasteiger partial charge in [-0.2, -0.15) is 0 Å². The van der Waals surface area contributed by atoms with E-state index in [4.69, 9.17) is 11.6 Å². The largest absolute Gasteiger partial charge is 0.301 e. The number of nitrogens with zero attached hydrogens (tertiary/aromatic N) is 1. The van der Waals surface area contributed by atoms with Crippen LogP contribution in [0.2, 0.25) is 5.02 Å². The Morgan fingerprint density at radius 1 is 1.25 bits per heavy atom. The highest BCUT2D eigenvalue weighted by Crippen LogP contribution is 2.22. The van der Waals surface area contributed by atoms with Gasteiger partial charge in [-0.3, -0.25) is 0 Å². The molecule has 0 aliphatic carbocycles. The van der Waals surface area contributed by atoms with Crippen molar-refractivity contribution in [1.29, 1.82) is 0 Å². The van der Waals surface area contributed by atoms with E-state index in [1.165, 1.54) is 6.07 Å². The van der Waals surface area contributed by atoms with Crippen molar-refractivity contribution in [2.75, 3.05) is 13.1 Å². The number of benzene rings is 1. The minimum Gasteiger partial charge on any atom is -0.301 e. The summed E-state index contributed by atoms with van der Waals surface area (Å²) in [5, 5.41) is 0.264. The molecule has 1 saturated heterocycles. The van der Waals surface area contributed by atoms with E-state index < -0.39 is 10.0 Å². The zero-order valence-electron chi connectivity index (χ0n) is 11.8. The fraction of sp³-hybridized carbons (Fsp3) is 0.571. The summed E-state index contributed by atoms with van der Waals surface area (Å²) in [4.78, 5) is 2.52. The SMILES string of the molecule is CC(C)N1CCC(NS(=O)(=O)c2ccccc2Cl)CC1. The first-order chi connectivity index (χ1) is 9.40. The lowest BCUT2D eigenvalue weighted by Crippen LogP contribution is -2.46. The summed E-state index contributed by atoms with van der Waals surface area (Å²) in [5.41, 5.74) is 0. The number of piperidine rings is 1. The maximum atomic E-state index is 12.3. The molecule has 0 radical (unpaired) electrons. The number of nitrogens with one attached hydrogen (secondary N) is 1. The average Bonchev–Trinajstić information content (AvgIpc) is 2.39. The Balaban J connectivity index is 2.02. The van der Waals surface area contributed by atoms with Crippen LogP contribution in [0.1, 0.15) is 26.7 Å². The monoisotopic (exact) mass is 316 g/mol. The van der Waals surface area contributed by atoms with Gasteiger partial charge in [0.2, 0.25) is 10.0 Å². The third-order valence-electron chi connectivity index (χ3n) is 3.71. The van der Waals surface area contributed by atoms with Gasteiger partial charge in [0.05, 0.1) is 5.02 Å². The molecule has 112 valence electrons. The second kappa shape index (κ2) is 6.43. The summed E-state index contributed by atoms with van der Waals surface area (Å²) in [6, 6.07) is 7.04. The van der Waals surface area contributed by atoms with Gasteiger partial charge in [0.15, 0.2) is 0 Å². The van der Waals surface area contributed by atoms with Gasteiger partial charge in [-0.05, 0) is 51.9 Å². The summed E-state index contributed by atoms with van der Waals surface area (Å²) >= 11 is 5.96. The van der Waals surface area contributed by atoms with Crippen LogP contribution in [-0.2, 0) is 10.0 Å². The Kier molecular flexibility index (Phi) is 5.07. The topological polar surface area (TPSA) is 49.4 Å². The molecule has 1 aliphatic rings. The quantitative estimate of drug-likeness (QED) is 0.928. The van der Waals surface area contributed by atoms with E-state index in [1.54, 1.807) is 18.2 Å². The normalized spacial score (nSPS) is 18.6. The van der Waals surface area contributed by atoms with Gasteiger partial charge in [0, 0.05) is 12.1 Å². The Morgan fingerprint density at radius 3 is 2.40 bits per heavy atom. The van der Waals surface area contributed by atoms with Gasteiger partial charge in [-0.15, -0.1) is 0 Å². The van der Waals surface area contributed by atoms with Crippen LogP contribution in [0.3, 0.4) is 0 Å². The van der Waals surface area contributed by atoms with Crippen molar-refractivity contribution in [3.05, 3.63) is 29.3 Å². The van der Waals surface area contributed by atoms with Gasteiger partial charge in [-0.25, -0.2) is 13.1 Å². The Morgan fingerprint density at radius 2 is 1.85 bits per heavy atom. The Hall–Kier alpha value is -0.620. The predicted octanol–water partition coefficient (Wildman–Crippen LogP) is 2.49. The number of rotatable bonds is 4. The minimum absolute atomic E-state index is 0.00808. The van der Waals surface area contributed by atoms with Gasteiger partial charge < -0.3 is 4.90 Å². The van der Waals surface area contributed by atoms with Crippen LogP contribution in [-0.4, -0.2) is 38.5 Å². The Bertz CT molecular complexity index is 552. The Labute approximate surface area is 126 Å². The lowest BCUT2D eigenvalue weighted by atomic mass is 10.1. The molecular formula is C14H21ClN2O2S. The van der Waals surface area contributed by atoms with Crippen molar-refractivity contribution in [3.63, 3.8) is 0 Å². The lowest BCUT2D eigenvalue weighted by Gasteiger charge is -2.34. The zero-order valence-corrected chi connectivity index (χ0v) is 13.4. The van der Waals surface area contributed by atoms with Crippen LogP contribution < -0.4 is 4.72 Å². The van der Waals surface area contributed by atoms with E-state index in [0.29, 0.717) is 6.04 Å². The molecule has 0 amide bonds. The number of sulfonamides is 1. The van der Waals surface area contributed by atoms with Crippen molar-refractivity contribution in [2.45, 2.75) is 43.7 Å². The second-order valence-corrected chi connectivity index (χ2v) is 7.55. The molecule has 0 aromatic heterocycles.